The third-order valence-electron chi connectivity index (χ3n) is 2.37. The fourth-order valence-corrected chi connectivity index (χ4v) is 2.49. The SMILES string of the molecule is CCCCCCNS(=O)(=O)c1cncc(N)c1. The zero-order chi connectivity index (χ0) is 12.7. The highest BCUT2D eigenvalue weighted by atomic mass is 32.2. The van der Waals surface area contributed by atoms with Crippen molar-refractivity contribution < 1.29 is 8.42 Å². The smallest absolute Gasteiger partial charge is 0.242 e. The number of nitrogens with zero attached hydrogens (tertiary/aromatic N) is 1. The maximum absolute atomic E-state index is 11.8. The van der Waals surface area contributed by atoms with Crippen molar-refractivity contribution in [2.24, 2.45) is 0 Å². The monoisotopic (exact) mass is 257 g/mol. The molecule has 1 aromatic rings. The van der Waals surface area contributed by atoms with Crippen LogP contribution >= 0.6 is 0 Å². The lowest BCUT2D eigenvalue weighted by Gasteiger charge is -2.06. The first kappa shape index (κ1) is 13.9. The molecular weight excluding hydrogens is 238 g/mol. The minimum Gasteiger partial charge on any atom is -0.397 e. The topological polar surface area (TPSA) is 85.1 Å². The standard InChI is InChI=1S/C11H19N3O2S/c1-2-3-4-5-6-14-17(15,16)11-7-10(12)8-13-9-11/h7-9,14H,2-6,12H2,1H3. The number of hydrogen-bond acceptors (Lipinski definition) is 4. The van der Waals surface area contributed by atoms with Crippen LogP contribution in [0.5, 0.6) is 0 Å². The molecule has 1 heterocycles. The van der Waals surface area contributed by atoms with Crippen molar-refractivity contribution in [3.8, 4) is 0 Å². The maximum atomic E-state index is 11.8. The Morgan fingerprint density at radius 2 is 2.06 bits per heavy atom. The molecule has 0 spiro atoms. The summed E-state index contributed by atoms with van der Waals surface area (Å²) < 4.78 is 26.2. The van der Waals surface area contributed by atoms with Crippen molar-refractivity contribution in [1.29, 1.82) is 0 Å². The van der Waals surface area contributed by atoms with Crippen molar-refractivity contribution in [3.63, 3.8) is 0 Å². The predicted molar refractivity (Wildman–Crippen MR) is 68.0 cm³/mol. The van der Waals surface area contributed by atoms with Crippen LogP contribution in [-0.4, -0.2) is 19.9 Å². The van der Waals surface area contributed by atoms with E-state index in [1.165, 1.54) is 18.5 Å². The van der Waals surface area contributed by atoms with Gasteiger partial charge in [0.2, 0.25) is 10.0 Å². The largest absolute Gasteiger partial charge is 0.397 e. The molecule has 0 bridgehead atoms. The van der Waals surface area contributed by atoms with E-state index in [1.54, 1.807) is 0 Å². The molecule has 0 aliphatic heterocycles. The Balaban J connectivity index is 2.51. The minimum absolute atomic E-state index is 0.119. The van der Waals surface area contributed by atoms with Crippen LogP contribution < -0.4 is 10.5 Å². The molecule has 0 aromatic carbocycles. The molecule has 96 valence electrons. The highest BCUT2D eigenvalue weighted by molar-refractivity contribution is 7.89. The van der Waals surface area contributed by atoms with Gasteiger partial charge in [0.05, 0.1) is 5.69 Å². The van der Waals surface area contributed by atoms with Crippen LogP contribution in [0.4, 0.5) is 5.69 Å². The van der Waals surface area contributed by atoms with Crippen LogP contribution in [0.2, 0.25) is 0 Å². The van der Waals surface area contributed by atoms with Gasteiger partial charge in [0.15, 0.2) is 0 Å². The molecule has 0 fully saturated rings. The normalized spacial score (nSPS) is 11.6. The van der Waals surface area contributed by atoms with E-state index < -0.39 is 10.0 Å². The summed E-state index contributed by atoms with van der Waals surface area (Å²) in [6.07, 6.45) is 6.86. The minimum atomic E-state index is -3.46. The van der Waals surface area contributed by atoms with Crippen LogP contribution in [0.1, 0.15) is 32.6 Å². The van der Waals surface area contributed by atoms with Crippen molar-refractivity contribution >= 4 is 15.7 Å². The van der Waals surface area contributed by atoms with Gasteiger partial charge in [-0.3, -0.25) is 4.98 Å². The molecule has 0 amide bonds. The molecule has 0 aliphatic carbocycles. The number of nitrogens with one attached hydrogen (secondary N) is 1. The van der Waals surface area contributed by atoms with Crippen molar-refractivity contribution in [2.45, 2.75) is 37.5 Å². The number of pyridine rings is 1. The summed E-state index contributed by atoms with van der Waals surface area (Å²) in [5.41, 5.74) is 5.84. The van der Waals surface area contributed by atoms with E-state index in [4.69, 9.17) is 5.73 Å². The summed E-state index contributed by atoms with van der Waals surface area (Å²) in [4.78, 5) is 3.88. The van der Waals surface area contributed by atoms with Gasteiger partial charge in [0.25, 0.3) is 0 Å². The first-order chi connectivity index (χ1) is 8.06. The lowest BCUT2D eigenvalue weighted by atomic mass is 10.2. The second-order valence-corrected chi connectivity index (χ2v) is 5.68. The van der Waals surface area contributed by atoms with Crippen LogP contribution in [0.3, 0.4) is 0 Å². The van der Waals surface area contributed by atoms with Gasteiger partial charge >= 0.3 is 0 Å². The van der Waals surface area contributed by atoms with E-state index in [0.717, 1.165) is 25.7 Å². The number of hydrogen-bond donors (Lipinski definition) is 2. The first-order valence-electron chi connectivity index (χ1n) is 5.76. The van der Waals surface area contributed by atoms with E-state index >= 15 is 0 Å². The van der Waals surface area contributed by atoms with Gasteiger partial charge in [0, 0.05) is 18.9 Å². The van der Waals surface area contributed by atoms with E-state index in [-0.39, 0.29) is 4.90 Å². The molecule has 0 aliphatic rings. The summed E-state index contributed by atoms with van der Waals surface area (Å²) in [6.45, 7) is 2.57. The number of nitrogens with two attached hydrogens (primary N) is 1. The molecule has 0 unspecified atom stereocenters. The molecule has 0 atom stereocenters. The number of aromatic nitrogens is 1. The number of anilines is 1. The number of rotatable bonds is 7. The molecule has 0 radical (unpaired) electrons. The zero-order valence-electron chi connectivity index (χ0n) is 10.0. The summed E-state index contributed by atoms with van der Waals surface area (Å²) in [5, 5.41) is 0. The van der Waals surface area contributed by atoms with Gasteiger partial charge in [-0.1, -0.05) is 26.2 Å². The number of sulfonamides is 1. The fraction of sp³-hybridized carbons (Fsp3) is 0.545. The van der Waals surface area contributed by atoms with Gasteiger partial charge in [-0.15, -0.1) is 0 Å². The molecule has 3 N–H and O–H groups in total. The molecule has 5 nitrogen and oxygen atoms in total. The van der Waals surface area contributed by atoms with Crippen molar-refractivity contribution in [1.82, 2.24) is 9.71 Å². The lowest BCUT2D eigenvalue weighted by Crippen LogP contribution is -2.25. The fourth-order valence-electron chi connectivity index (χ4n) is 1.42. The Labute approximate surface area is 102 Å². The van der Waals surface area contributed by atoms with Crippen LogP contribution in [0.15, 0.2) is 23.4 Å². The highest BCUT2D eigenvalue weighted by Gasteiger charge is 2.13. The summed E-state index contributed by atoms with van der Waals surface area (Å²) >= 11 is 0. The van der Waals surface area contributed by atoms with Crippen LogP contribution in [-0.2, 0) is 10.0 Å². The number of unbranched alkanes of at least 4 members (excludes halogenated alkanes) is 3. The van der Waals surface area contributed by atoms with Gasteiger partial charge in [0.1, 0.15) is 4.90 Å². The summed E-state index contributed by atoms with van der Waals surface area (Å²) in [7, 11) is -3.46. The Bertz CT molecular complexity index is 446. The van der Waals surface area contributed by atoms with Gasteiger partial charge in [-0.25, -0.2) is 13.1 Å². The van der Waals surface area contributed by atoms with Crippen LogP contribution in [0.25, 0.3) is 0 Å². The second kappa shape index (κ2) is 6.56. The molecule has 1 aromatic heterocycles. The third-order valence-corrected chi connectivity index (χ3v) is 3.80. The predicted octanol–water partition coefficient (Wildman–Crippen LogP) is 1.52. The Morgan fingerprint density at radius 3 is 2.71 bits per heavy atom. The zero-order valence-corrected chi connectivity index (χ0v) is 10.8. The van der Waals surface area contributed by atoms with E-state index in [9.17, 15) is 8.42 Å². The molecule has 0 saturated heterocycles. The lowest BCUT2D eigenvalue weighted by molar-refractivity contribution is 0.573. The second-order valence-electron chi connectivity index (χ2n) is 3.91. The van der Waals surface area contributed by atoms with E-state index in [0.29, 0.717) is 12.2 Å². The summed E-state index contributed by atoms with van der Waals surface area (Å²) in [5.74, 6) is 0. The average molecular weight is 257 g/mol. The quantitative estimate of drug-likeness (QED) is 0.725. The van der Waals surface area contributed by atoms with Gasteiger partial charge in [-0.05, 0) is 12.5 Å². The highest BCUT2D eigenvalue weighted by Crippen LogP contribution is 2.10. The van der Waals surface area contributed by atoms with Crippen LogP contribution in [0, 0.1) is 0 Å². The average Bonchev–Trinajstić information content (AvgIpc) is 2.29. The Hall–Kier alpha value is -1.14. The van der Waals surface area contributed by atoms with E-state index in [1.807, 2.05) is 0 Å². The molecule has 0 saturated carbocycles. The summed E-state index contributed by atoms with van der Waals surface area (Å²) in [6, 6.07) is 1.40. The van der Waals surface area contributed by atoms with Gasteiger partial charge in [-0.2, -0.15) is 0 Å². The van der Waals surface area contributed by atoms with Crippen molar-refractivity contribution in [2.75, 3.05) is 12.3 Å². The number of nitrogen functional groups attached to an aromatic ring is 1. The molecule has 17 heavy (non-hydrogen) atoms. The molecule has 6 heteroatoms. The maximum Gasteiger partial charge on any atom is 0.242 e. The van der Waals surface area contributed by atoms with Crippen molar-refractivity contribution in [3.05, 3.63) is 18.5 Å². The molecular formula is C11H19N3O2S. The third kappa shape index (κ3) is 4.70. The Morgan fingerprint density at radius 1 is 1.29 bits per heavy atom. The molecule has 1 rings (SSSR count). The Kier molecular flexibility index (Phi) is 5.37. The van der Waals surface area contributed by atoms with Gasteiger partial charge < -0.3 is 5.73 Å². The first-order valence-corrected chi connectivity index (χ1v) is 7.25. The van der Waals surface area contributed by atoms with E-state index in [2.05, 4.69) is 16.6 Å².